The molecule has 7 heteroatoms. The predicted octanol–water partition coefficient (Wildman–Crippen LogP) is 3.14. The Hall–Kier alpha value is -0.780. The molecule has 4 nitrogen and oxygen atoms in total. The fourth-order valence-corrected chi connectivity index (χ4v) is 3.40. The molecule has 0 aliphatic carbocycles. The molecule has 2 rings (SSSR count). The number of nitrogens with zero attached hydrogens (tertiary/aromatic N) is 1. The Balaban J connectivity index is 2.34. The van der Waals surface area contributed by atoms with Crippen LogP contribution in [0.1, 0.15) is 30.6 Å². The Morgan fingerprint density at radius 3 is 2.45 bits per heavy atom. The van der Waals surface area contributed by atoms with Crippen LogP contribution < -0.4 is 0 Å². The van der Waals surface area contributed by atoms with Gasteiger partial charge in [0.2, 0.25) is 0 Å². The maximum absolute atomic E-state index is 12.4. The molecule has 0 radical (unpaired) electrons. The zero-order valence-corrected chi connectivity index (χ0v) is 13.5. The molecule has 0 aromatic heterocycles. The molecule has 0 spiro atoms. The van der Waals surface area contributed by atoms with Gasteiger partial charge in [-0.25, -0.2) is 8.42 Å². The average molecular weight is 336 g/mol. The van der Waals surface area contributed by atoms with E-state index in [1.54, 1.807) is 4.90 Å². The van der Waals surface area contributed by atoms with Gasteiger partial charge in [0.05, 0.1) is 4.90 Å². The zero-order chi connectivity index (χ0) is 15.1. The monoisotopic (exact) mass is 335 g/mol. The molecular weight excluding hydrogens is 321 g/mol. The van der Waals surface area contributed by atoms with Gasteiger partial charge in [0, 0.05) is 34.4 Å². The van der Waals surface area contributed by atoms with Crippen molar-refractivity contribution in [3.63, 3.8) is 0 Å². The van der Waals surface area contributed by atoms with Crippen LogP contribution in [0.3, 0.4) is 0 Å². The lowest BCUT2D eigenvalue weighted by molar-refractivity contribution is 0.0778. The molecule has 0 saturated carbocycles. The van der Waals surface area contributed by atoms with Gasteiger partial charge in [-0.3, -0.25) is 4.79 Å². The highest BCUT2D eigenvalue weighted by atomic mass is 35.7. The Labute approximate surface area is 128 Å². The summed E-state index contributed by atoms with van der Waals surface area (Å²) in [4.78, 5) is 13.9. The summed E-state index contributed by atoms with van der Waals surface area (Å²) in [6.07, 6.45) is 0.917. The summed E-state index contributed by atoms with van der Waals surface area (Å²) >= 11 is 5.87. The molecule has 1 saturated heterocycles. The van der Waals surface area contributed by atoms with Gasteiger partial charge in [0.25, 0.3) is 15.0 Å². The molecule has 0 bridgehead atoms. The second-order valence-corrected chi connectivity index (χ2v) is 8.76. The van der Waals surface area contributed by atoms with Crippen molar-refractivity contribution in [1.29, 1.82) is 0 Å². The summed E-state index contributed by atoms with van der Waals surface area (Å²) in [5.41, 5.74) is 0.324. The van der Waals surface area contributed by atoms with E-state index in [1.807, 2.05) is 0 Å². The molecule has 20 heavy (non-hydrogen) atoms. The van der Waals surface area contributed by atoms with Gasteiger partial charge < -0.3 is 4.90 Å². The molecule has 110 valence electrons. The van der Waals surface area contributed by atoms with E-state index < -0.39 is 9.05 Å². The third-order valence-electron chi connectivity index (χ3n) is 3.36. The molecule has 0 N–H and O–H groups in total. The second-order valence-electron chi connectivity index (χ2n) is 5.75. The van der Waals surface area contributed by atoms with Crippen molar-refractivity contribution in [2.45, 2.75) is 25.2 Å². The standard InChI is InChI=1S/C13H15Cl2NO3S/c1-13(2)3-4-16(8-13)12(17)9-5-10(14)7-11(6-9)20(15,18)19/h5-7H,3-4,8H2,1-2H3. The summed E-state index contributed by atoms with van der Waals surface area (Å²) < 4.78 is 22.7. The smallest absolute Gasteiger partial charge is 0.261 e. The Kier molecular flexibility index (Phi) is 4.06. The number of hydrogen-bond donors (Lipinski definition) is 0. The summed E-state index contributed by atoms with van der Waals surface area (Å²) in [5.74, 6) is -0.223. The van der Waals surface area contributed by atoms with E-state index in [0.717, 1.165) is 6.42 Å². The molecule has 1 heterocycles. The molecule has 1 aliphatic rings. The van der Waals surface area contributed by atoms with Crippen molar-refractivity contribution in [2.75, 3.05) is 13.1 Å². The number of benzene rings is 1. The quantitative estimate of drug-likeness (QED) is 0.780. The van der Waals surface area contributed by atoms with Crippen molar-refractivity contribution < 1.29 is 13.2 Å². The van der Waals surface area contributed by atoms with Crippen molar-refractivity contribution in [1.82, 2.24) is 4.90 Å². The van der Waals surface area contributed by atoms with Crippen LogP contribution in [-0.4, -0.2) is 32.3 Å². The highest BCUT2D eigenvalue weighted by molar-refractivity contribution is 8.13. The third kappa shape index (κ3) is 3.45. The van der Waals surface area contributed by atoms with E-state index in [9.17, 15) is 13.2 Å². The number of carbonyl (C=O) groups is 1. The summed E-state index contributed by atoms with van der Waals surface area (Å²) in [7, 11) is 1.39. The highest BCUT2D eigenvalue weighted by Crippen LogP contribution is 2.30. The topological polar surface area (TPSA) is 54.5 Å². The fraction of sp³-hybridized carbons (Fsp3) is 0.462. The van der Waals surface area contributed by atoms with Gasteiger partial charge in [0.15, 0.2) is 0 Å². The minimum Gasteiger partial charge on any atom is -0.338 e. The third-order valence-corrected chi connectivity index (χ3v) is 4.92. The van der Waals surface area contributed by atoms with Crippen molar-refractivity contribution in [2.24, 2.45) is 5.41 Å². The lowest BCUT2D eigenvalue weighted by Gasteiger charge is -2.20. The van der Waals surface area contributed by atoms with Crippen molar-refractivity contribution in [3.05, 3.63) is 28.8 Å². The number of halogens is 2. The number of amides is 1. The minimum atomic E-state index is -3.91. The second kappa shape index (κ2) is 5.20. The lowest BCUT2D eigenvalue weighted by atomic mass is 9.93. The minimum absolute atomic E-state index is 0.0790. The van der Waals surface area contributed by atoms with E-state index in [4.69, 9.17) is 22.3 Å². The van der Waals surface area contributed by atoms with Crippen LogP contribution in [0.15, 0.2) is 23.1 Å². The van der Waals surface area contributed by atoms with Gasteiger partial charge in [-0.05, 0) is 30.0 Å². The van der Waals surface area contributed by atoms with Crippen molar-refractivity contribution >= 4 is 37.2 Å². The van der Waals surface area contributed by atoms with Gasteiger partial charge >= 0.3 is 0 Å². The largest absolute Gasteiger partial charge is 0.338 e. The van der Waals surface area contributed by atoms with Gasteiger partial charge in [-0.2, -0.15) is 0 Å². The molecule has 0 atom stereocenters. The van der Waals surface area contributed by atoms with E-state index >= 15 is 0 Å². The van der Waals surface area contributed by atoms with Crippen LogP contribution in [0.2, 0.25) is 5.02 Å². The van der Waals surface area contributed by atoms with Crippen LogP contribution in [-0.2, 0) is 9.05 Å². The van der Waals surface area contributed by atoms with Crippen LogP contribution in [0, 0.1) is 5.41 Å². The Morgan fingerprint density at radius 2 is 1.95 bits per heavy atom. The average Bonchev–Trinajstić information content (AvgIpc) is 2.67. The molecular formula is C13H15Cl2NO3S. The molecule has 0 unspecified atom stereocenters. The molecule has 1 fully saturated rings. The summed E-state index contributed by atoms with van der Waals surface area (Å²) in [6, 6.07) is 3.96. The van der Waals surface area contributed by atoms with Crippen LogP contribution >= 0.6 is 22.3 Å². The van der Waals surface area contributed by atoms with E-state index in [-0.39, 0.29) is 26.8 Å². The maximum atomic E-state index is 12.4. The molecule has 1 aromatic rings. The number of carbonyl (C=O) groups excluding carboxylic acids is 1. The number of hydrogen-bond acceptors (Lipinski definition) is 3. The van der Waals surface area contributed by atoms with E-state index in [0.29, 0.717) is 13.1 Å². The first kappa shape index (κ1) is 15.6. The Morgan fingerprint density at radius 1 is 1.30 bits per heavy atom. The van der Waals surface area contributed by atoms with E-state index in [2.05, 4.69) is 13.8 Å². The molecule has 1 amide bonds. The lowest BCUT2D eigenvalue weighted by Crippen LogP contribution is -2.30. The fourth-order valence-electron chi connectivity index (χ4n) is 2.30. The van der Waals surface area contributed by atoms with Crippen LogP contribution in [0.4, 0.5) is 0 Å². The number of likely N-dealkylation sites (tertiary alicyclic amines) is 1. The number of rotatable bonds is 2. The predicted molar refractivity (Wildman–Crippen MR) is 78.8 cm³/mol. The van der Waals surface area contributed by atoms with Gasteiger partial charge in [-0.15, -0.1) is 0 Å². The van der Waals surface area contributed by atoms with Crippen LogP contribution in [0.25, 0.3) is 0 Å². The normalized spacial score (nSPS) is 18.3. The molecule has 1 aliphatic heterocycles. The first-order chi connectivity index (χ1) is 9.08. The van der Waals surface area contributed by atoms with Crippen LogP contribution in [0.5, 0.6) is 0 Å². The summed E-state index contributed by atoms with van der Waals surface area (Å²) in [6.45, 7) is 5.47. The van der Waals surface area contributed by atoms with Gasteiger partial charge in [-0.1, -0.05) is 25.4 Å². The Bertz CT molecular complexity index is 656. The SMILES string of the molecule is CC1(C)CCN(C(=O)c2cc(Cl)cc(S(=O)(=O)Cl)c2)C1. The maximum Gasteiger partial charge on any atom is 0.261 e. The molecule has 1 aromatic carbocycles. The van der Waals surface area contributed by atoms with Crippen molar-refractivity contribution in [3.8, 4) is 0 Å². The summed E-state index contributed by atoms with van der Waals surface area (Å²) in [5, 5.41) is 0.175. The van der Waals surface area contributed by atoms with Gasteiger partial charge in [0.1, 0.15) is 0 Å². The highest BCUT2D eigenvalue weighted by Gasteiger charge is 2.32. The first-order valence-electron chi connectivity index (χ1n) is 6.13. The van der Waals surface area contributed by atoms with E-state index in [1.165, 1.54) is 18.2 Å². The zero-order valence-electron chi connectivity index (χ0n) is 11.2. The first-order valence-corrected chi connectivity index (χ1v) is 8.82.